The summed E-state index contributed by atoms with van der Waals surface area (Å²) in [4.78, 5) is 14.7. The summed E-state index contributed by atoms with van der Waals surface area (Å²) in [5.74, 6) is -1.21. The van der Waals surface area contributed by atoms with Crippen molar-refractivity contribution in [2.75, 3.05) is 0 Å². The minimum absolute atomic E-state index is 0.415. The summed E-state index contributed by atoms with van der Waals surface area (Å²) in [5, 5.41) is 16.6. The van der Waals surface area contributed by atoms with Crippen LogP contribution in [0.25, 0.3) is 10.9 Å². The van der Waals surface area contributed by atoms with Crippen LogP contribution in [0.15, 0.2) is 18.5 Å². The van der Waals surface area contributed by atoms with Crippen molar-refractivity contribution < 1.29 is 9.90 Å². The zero-order chi connectivity index (χ0) is 10.8. The van der Waals surface area contributed by atoms with Crippen molar-refractivity contribution in [2.24, 2.45) is 5.92 Å². The van der Waals surface area contributed by atoms with E-state index in [1.807, 2.05) is 6.07 Å². The molecule has 0 aliphatic carbocycles. The van der Waals surface area contributed by atoms with Gasteiger partial charge in [-0.25, -0.2) is 0 Å². The highest BCUT2D eigenvalue weighted by Crippen LogP contribution is 2.17. The number of hydrogen-bond acceptors (Lipinski definition) is 3. The van der Waals surface area contributed by atoms with Gasteiger partial charge in [0.25, 0.3) is 0 Å². The molecule has 1 atom stereocenters. The summed E-state index contributed by atoms with van der Waals surface area (Å²) in [5.41, 5.74) is 1.62. The van der Waals surface area contributed by atoms with Crippen LogP contribution in [0.1, 0.15) is 12.6 Å². The number of hydrogen-bond donors (Lipinski definition) is 2. The predicted molar refractivity (Wildman–Crippen MR) is 54.4 cm³/mol. The van der Waals surface area contributed by atoms with E-state index in [1.54, 1.807) is 19.3 Å². The molecule has 5 heteroatoms. The van der Waals surface area contributed by atoms with E-state index in [0.717, 1.165) is 16.6 Å². The van der Waals surface area contributed by atoms with Crippen molar-refractivity contribution in [3.63, 3.8) is 0 Å². The van der Waals surface area contributed by atoms with Crippen molar-refractivity contribution in [3.8, 4) is 0 Å². The number of rotatable bonds is 3. The van der Waals surface area contributed by atoms with Crippen LogP contribution in [0.5, 0.6) is 0 Å². The molecule has 2 rings (SSSR count). The molecule has 0 aliphatic heterocycles. The molecule has 2 N–H and O–H groups in total. The third-order valence-corrected chi connectivity index (χ3v) is 2.37. The number of nitrogens with one attached hydrogen (secondary N) is 1. The van der Waals surface area contributed by atoms with E-state index < -0.39 is 11.9 Å². The summed E-state index contributed by atoms with van der Waals surface area (Å²) in [7, 11) is 0. The number of aromatic nitrogens is 3. The summed E-state index contributed by atoms with van der Waals surface area (Å²) in [6, 6.07) is 1.84. The molecular weight excluding hydrogens is 194 g/mol. The van der Waals surface area contributed by atoms with Crippen molar-refractivity contribution in [1.29, 1.82) is 0 Å². The third-order valence-electron chi connectivity index (χ3n) is 2.37. The lowest BCUT2D eigenvalue weighted by Crippen LogP contribution is -2.12. The highest BCUT2D eigenvalue weighted by molar-refractivity contribution is 5.81. The van der Waals surface area contributed by atoms with Crippen LogP contribution in [-0.4, -0.2) is 26.3 Å². The van der Waals surface area contributed by atoms with Gasteiger partial charge >= 0.3 is 5.97 Å². The van der Waals surface area contributed by atoms with Gasteiger partial charge in [-0.15, -0.1) is 0 Å². The van der Waals surface area contributed by atoms with Gasteiger partial charge in [0.1, 0.15) is 5.52 Å². The summed E-state index contributed by atoms with van der Waals surface area (Å²) in [6.07, 6.45) is 3.78. The molecule has 1 unspecified atom stereocenters. The van der Waals surface area contributed by atoms with Crippen molar-refractivity contribution in [3.05, 3.63) is 24.2 Å². The average Bonchev–Trinajstić information content (AvgIpc) is 2.62. The van der Waals surface area contributed by atoms with Crippen LogP contribution in [0.3, 0.4) is 0 Å². The normalized spacial score (nSPS) is 12.9. The summed E-state index contributed by atoms with van der Waals surface area (Å²) in [6.45, 7) is 1.68. The number of aliphatic carboxylic acids is 1. The maximum absolute atomic E-state index is 10.7. The van der Waals surface area contributed by atoms with Gasteiger partial charge in [0, 0.05) is 23.7 Å². The Hall–Kier alpha value is -1.91. The minimum atomic E-state index is -0.799. The lowest BCUT2D eigenvalue weighted by Gasteiger charge is -2.03. The number of carboxylic acid groups (broad SMARTS) is 1. The lowest BCUT2D eigenvalue weighted by molar-refractivity contribution is -0.141. The second-order valence-electron chi connectivity index (χ2n) is 3.54. The van der Waals surface area contributed by atoms with Gasteiger partial charge in [0.2, 0.25) is 0 Å². The summed E-state index contributed by atoms with van der Waals surface area (Å²) < 4.78 is 0. The molecule has 0 saturated carbocycles. The average molecular weight is 205 g/mol. The van der Waals surface area contributed by atoms with Crippen LogP contribution in [0.2, 0.25) is 0 Å². The fourth-order valence-corrected chi connectivity index (χ4v) is 1.47. The second-order valence-corrected chi connectivity index (χ2v) is 3.54. The Morgan fingerprint density at radius 2 is 2.47 bits per heavy atom. The molecule has 15 heavy (non-hydrogen) atoms. The smallest absolute Gasteiger partial charge is 0.306 e. The van der Waals surface area contributed by atoms with E-state index in [4.69, 9.17) is 5.11 Å². The first-order chi connectivity index (χ1) is 7.18. The van der Waals surface area contributed by atoms with Crippen molar-refractivity contribution in [2.45, 2.75) is 13.3 Å². The first kappa shape index (κ1) is 9.64. The molecule has 0 aromatic carbocycles. The largest absolute Gasteiger partial charge is 0.481 e. The molecule has 0 spiro atoms. The number of fused-ring (bicyclic) bond motifs is 1. The van der Waals surface area contributed by atoms with Crippen LogP contribution in [0.4, 0.5) is 0 Å². The highest BCUT2D eigenvalue weighted by Gasteiger charge is 2.14. The molecule has 2 aromatic rings. The number of pyridine rings is 1. The van der Waals surface area contributed by atoms with Crippen molar-refractivity contribution >= 4 is 16.9 Å². The van der Waals surface area contributed by atoms with Gasteiger partial charge in [-0.1, -0.05) is 6.92 Å². The van der Waals surface area contributed by atoms with Gasteiger partial charge in [0.05, 0.1) is 12.1 Å². The van der Waals surface area contributed by atoms with E-state index in [2.05, 4.69) is 15.2 Å². The van der Waals surface area contributed by atoms with Gasteiger partial charge in [-0.3, -0.25) is 14.9 Å². The van der Waals surface area contributed by atoms with E-state index in [0.29, 0.717) is 6.42 Å². The van der Waals surface area contributed by atoms with E-state index in [1.165, 1.54) is 0 Å². The van der Waals surface area contributed by atoms with Gasteiger partial charge in [-0.2, -0.15) is 5.10 Å². The quantitative estimate of drug-likeness (QED) is 0.789. The molecule has 0 bridgehead atoms. The van der Waals surface area contributed by atoms with Crippen molar-refractivity contribution in [1.82, 2.24) is 15.2 Å². The molecule has 0 radical (unpaired) electrons. The Bertz CT molecular complexity index is 492. The number of aromatic amines is 1. The van der Waals surface area contributed by atoms with E-state index in [9.17, 15) is 4.79 Å². The number of nitrogens with zero attached hydrogens (tertiary/aromatic N) is 2. The molecule has 0 fully saturated rings. The third kappa shape index (κ3) is 1.81. The van der Waals surface area contributed by atoms with Gasteiger partial charge in [-0.05, 0) is 6.07 Å². The zero-order valence-electron chi connectivity index (χ0n) is 8.27. The lowest BCUT2D eigenvalue weighted by atomic mass is 10.0. The van der Waals surface area contributed by atoms with Crippen LogP contribution < -0.4 is 0 Å². The molecule has 78 valence electrons. The fourth-order valence-electron chi connectivity index (χ4n) is 1.47. The minimum Gasteiger partial charge on any atom is -0.481 e. The molecule has 0 saturated heterocycles. The van der Waals surface area contributed by atoms with Gasteiger partial charge in [0.15, 0.2) is 0 Å². The molecular formula is C10H11N3O2. The Morgan fingerprint density at radius 3 is 3.20 bits per heavy atom. The van der Waals surface area contributed by atoms with Crippen LogP contribution in [-0.2, 0) is 11.2 Å². The Kier molecular flexibility index (Phi) is 2.37. The number of carbonyl (C=O) groups is 1. The topological polar surface area (TPSA) is 78.9 Å². The SMILES string of the molecule is CC(Cc1[nH]nc2cnccc12)C(=O)O. The molecule has 0 amide bonds. The van der Waals surface area contributed by atoms with Crippen LogP contribution >= 0.6 is 0 Å². The monoisotopic (exact) mass is 205 g/mol. The Labute approximate surface area is 86.1 Å². The number of carboxylic acids is 1. The highest BCUT2D eigenvalue weighted by atomic mass is 16.4. The van der Waals surface area contributed by atoms with Crippen LogP contribution in [0, 0.1) is 5.92 Å². The maximum Gasteiger partial charge on any atom is 0.306 e. The summed E-state index contributed by atoms with van der Waals surface area (Å²) >= 11 is 0. The zero-order valence-corrected chi connectivity index (χ0v) is 8.27. The first-order valence-corrected chi connectivity index (χ1v) is 4.68. The second kappa shape index (κ2) is 3.68. The maximum atomic E-state index is 10.7. The molecule has 5 nitrogen and oxygen atoms in total. The molecule has 2 heterocycles. The Balaban J connectivity index is 2.32. The standard InChI is InChI=1S/C10H11N3O2/c1-6(10(14)15)4-8-7-2-3-11-5-9(7)13-12-8/h2-3,5-6H,4H2,1H3,(H,12,13)(H,14,15). The predicted octanol–water partition coefficient (Wildman–Crippen LogP) is 1.22. The first-order valence-electron chi connectivity index (χ1n) is 4.68. The van der Waals surface area contributed by atoms with E-state index >= 15 is 0 Å². The molecule has 0 aliphatic rings. The van der Waals surface area contributed by atoms with E-state index in [-0.39, 0.29) is 0 Å². The molecule has 2 aromatic heterocycles. The Morgan fingerprint density at radius 1 is 1.67 bits per heavy atom. The fraction of sp³-hybridized carbons (Fsp3) is 0.300. The number of H-pyrrole nitrogens is 1. The van der Waals surface area contributed by atoms with Gasteiger partial charge < -0.3 is 5.11 Å².